The molecule has 0 bridgehead atoms. The Morgan fingerprint density at radius 3 is 2.62 bits per heavy atom. The zero-order valence-corrected chi connectivity index (χ0v) is 14.7. The van der Waals surface area contributed by atoms with E-state index in [0.29, 0.717) is 5.92 Å². The Labute approximate surface area is 144 Å². The number of hydrogen-bond acceptors (Lipinski definition) is 1. The molecule has 1 fully saturated rings. The van der Waals surface area contributed by atoms with Crippen LogP contribution in [0.3, 0.4) is 0 Å². The third kappa shape index (κ3) is 2.99. The van der Waals surface area contributed by atoms with Gasteiger partial charge in [0, 0.05) is 30.2 Å². The number of para-hydroxylation sites is 1. The molecular formula is C22H26N2. The summed E-state index contributed by atoms with van der Waals surface area (Å²) in [5, 5.41) is 4.99. The number of benzene rings is 2. The second kappa shape index (κ2) is 6.45. The van der Waals surface area contributed by atoms with E-state index >= 15 is 0 Å². The van der Waals surface area contributed by atoms with Gasteiger partial charge in [0.15, 0.2) is 0 Å². The highest BCUT2D eigenvalue weighted by atomic mass is 15.0. The van der Waals surface area contributed by atoms with Crippen molar-refractivity contribution in [3.05, 3.63) is 70.9 Å². The smallest absolute Gasteiger partial charge is 0.0486 e. The van der Waals surface area contributed by atoms with Gasteiger partial charge in [-0.3, -0.25) is 0 Å². The van der Waals surface area contributed by atoms with E-state index in [1.54, 1.807) is 0 Å². The molecule has 2 aromatic carbocycles. The van der Waals surface area contributed by atoms with Gasteiger partial charge in [-0.25, -0.2) is 0 Å². The Balaban J connectivity index is 1.75. The summed E-state index contributed by atoms with van der Waals surface area (Å²) in [5.74, 6) is 0.643. The van der Waals surface area contributed by atoms with Gasteiger partial charge in [-0.15, -0.1) is 0 Å². The van der Waals surface area contributed by atoms with Gasteiger partial charge in [-0.2, -0.15) is 0 Å². The Bertz CT molecular complexity index is 833. The van der Waals surface area contributed by atoms with Crippen LogP contribution in [0.1, 0.15) is 41.0 Å². The fraction of sp³-hybridized carbons (Fsp3) is 0.364. The Morgan fingerprint density at radius 2 is 1.88 bits per heavy atom. The largest absolute Gasteiger partial charge is 0.343 e. The summed E-state index contributed by atoms with van der Waals surface area (Å²) in [5.41, 5.74) is 6.96. The molecular weight excluding hydrogens is 292 g/mol. The van der Waals surface area contributed by atoms with E-state index in [-0.39, 0.29) is 0 Å². The van der Waals surface area contributed by atoms with Gasteiger partial charge in [0.05, 0.1) is 0 Å². The van der Waals surface area contributed by atoms with Gasteiger partial charge in [0.1, 0.15) is 0 Å². The normalized spacial score (nSPS) is 18.2. The minimum atomic E-state index is 0.643. The third-order valence-corrected chi connectivity index (χ3v) is 5.19. The number of fused-ring (bicyclic) bond motifs is 1. The van der Waals surface area contributed by atoms with Crippen LogP contribution in [0.2, 0.25) is 0 Å². The van der Waals surface area contributed by atoms with Gasteiger partial charge in [0.25, 0.3) is 0 Å². The predicted molar refractivity (Wildman–Crippen MR) is 102 cm³/mol. The number of piperidine rings is 1. The van der Waals surface area contributed by atoms with Gasteiger partial charge in [0.2, 0.25) is 0 Å². The van der Waals surface area contributed by atoms with Gasteiger partial charge < -0.3 is 9.88 Å². The molecule has 0 spiro atoms. The summed E-state index contributed by atoms with van der Waals surface area (Å²) in [6.45, 7) is 7.59. The fourth-order valence-electron chi connectivity index (χ4n) is 4.21. The van der Waals surface area contributed by atoms with Crippen molar-refractivity contribution in [2.45, 2.75) is 39.2 Å². The molecule has 1 unspecified atom stereocenters. The maximum atomic E-state index is 3.56. The van der Waals surface area contributed by atoms with E-state index in [0.717, 1.165) is 19.6 Å². The molecule has 4 rings (SSSR count). The van der Waals surface area contributed by atoms with Gasteiger partial charge in [-0.05, 0) is 56.3 Å². The molecule has 1 aliphatic rings. The Morgan fingerprint density at radius 1 is 1.08 bits per heavy atom. The lowest BCUT2D eigenvalue weighted by molar-refractivity contribution is 0.463. The second-order valence-corrected chi connectivity index (χ2v) is 7.27. The molecule has 1 saturated heterocycles. The van der Waals surface area contributed by atoms with E-state index in [2.05, 4.69) is 72.4 Å². The average molecular weight is 318 g/mol. The highest BCUT2D eigenvalue weighted by molar-refractivity contribution is 5.84. The summed E-state index contributed by atoms with van der Waals surface area (Å²) in [6.07, 6.45) is 4.98. The average Bonchev–Trinajstić information content (AvgIpc) is 2.94. The van der Waals surface area contributed by atoms with Gasteiger partial charge >= 0.3 is 0 Å². The lowest BCUT2D eigenvalue weighted by atomic mass is 9.91. The minimum Gasteiger partial charge on any atom is -0.343 e. The molecule has 0 radical (unpaired) electrons. The maximum Gasteiger partial charge on any atom is 0.0486 e. The van der Waals surface area contributed by atoms with Crippen LogP contribution in [0.5, 0.6) is 0 Å². The molecule has 1 N–H and O–H groups in total. The zero-order chi connectivity index (χ0) is 16.5. The van der Waals surface area contributed by atoms with Crippen LogP contribution < -0.4 is 5.32 Å². The first-order valence-corrected chi connectivity index (χ1v) is 9.06. The number of nitrogens with zero attached hydrogens (tertiary/aromatic N) is 1. The standard InChI is InChI=1S/C22H26N2/c1-16-10-17(2)12-18(11-16)14-24-15-21(19-6-5-9-23-13-19)20-7-3-4-8-22(20)24/h3-4,7-8,10-12,15,19,23H,5-6,9,13-14H2,1-2H3. The van der Waals surface area contributed by atoms with Crippen molar-refractivity contribution in [2.24, 2.45) is 0 Å². The quantitative estimate of drug-likeness (QED) is 0.736. The first kappa shape index (κ1) is 15.5. The highest BCUT2D eigenvalue weighted by Crippen LogP contribution is 2.32. The van der Waals surface area contributed by atoms with Crippen LogP contribution in [0.25, 0.3) is 10.9 Å². The minimum absolute atomic E-state index is 0.643. The maximum absolute atomic E-state index is 3.56. The van der Waals surface area contributed by atoms with Crippen LogP contribution in [0, 0.1) is 13.8 Å². The van der Waals surface area contributed by atoms with Crippen molar-refractivity contribution in [3.8, 4) is 0 Å². The van der Waals surface area contributed by atoms with Crippen LogP contribution >= 0.6 is 0 Å². The number of aromatic nitrogens is 1. The van der Waals surface area contributed by atoms with Crippen LogP contribution in [0.15, 0.2) is 48.7 Å². The number of nitrogens with one attached hydrogen (secondary N) is 1. The Hall–Kier alpha value is -2.06. The lowest BCUT2D eigenvalue weighted by Gasteiger charge is -2.22. The number of hydrogen-bond donors (Lipinski definition) is 1. The Kier molecular flexibility index (Phi) is 4.15. The first-order valence-electron chi connectivity index (χ1n) is 9.06. The van der Waals surface area contributed by atoms with Crippen LogP contribution in [-0.4, -0.2) is 17.7 Å². The molecule has 0 saturated carbocycles. The molecule has 124 valence electrons. The summed E-state index contributed by atoms with van der Waals surface area (Å²) in [4.78, 5) is 0. The summed E-state index contributed by atoms with van der Waals surface area (Å²) in [6, 6.07) is 15.7. The molecule has 0 amide bonds. The van der Waals surface area contributed by atoms with Crippen molar-refractivity contribution in [1.82, 2.24) is 9.88 Å². The summed E-state index contributed by atoms with van der Waals surface area (Å²) < 4.78 is 2.44. The van der Waals surface area contributed by atoms with Crippen molar-refractivity contribution in [2.75, 3.05) is 13.1 Å². The molecule has 0 aliphatic carbocycles. The molecule has 2 nitrogen and oxygen atoms in total. The molecule has 24 heavy (non-hydrogen) atoms. The highest BCUT2D eigenvalue weighted by Gasteiger charge is 2.20. The predicted octanol–water partition coefficient (Wildman–Crippen LogP) is 4.77. The SMILES string of the molecule is Cc1cc(C)cc(Cn2cc(C3CCCNC3)c3ccccc32)c1. The van der Waals surface area contributed by atoms with E-state index in [4.69, 9.17) is 0 Å². The molecule has 1 aromatic heterocycles. The monoisotopic (exact) mass is 318 g/mol. The summed E-state index contributed by atoms with van der Waals surface area (Å²) in [7, 11) is 0. The lowest BCUT2D eigenvalue weighted by Crippen LogP contribution is -2.28. The first-order chi connectivity index (χ1) is 11.7. The topological polar surface area (TPSA) is 17.0 Å². The fourth-order valence-corrected chi connectivity index (χ4v) is 4.21. The van der Waals surface area contributed by atoms with Crippen molar-refractivity contribution in [1.29, 1.82) is 0 Å². The van der Waals surface area contributed by atoms with Gasteiger partial charge in [-0.1, -0.05) is 47.5 Å². The number of aryl methyl sites for hydroxylation is 2. The third-order valence-electron chi connectivity index (χ3n) is 5.19. The van der Waals surface area contributed by atoms with E-state index in [1.807, 2.05) is 0 Å². The summed E-state index contributed by atoms with van der Waals surface area (Å²) >= 11 is 0. The van der Waals surface area contributed by atoms with Crippen LogP contribution in [0.4, 0.5) is 0 Å². The molecule has 1 aliphatic heterocycles. The van der Waals surface area contributed by atoms with E-state index in [1.165, 1.54) is 46.0 Å². The molecule has 2 heteroatoms. The second-order valence-electron chi connectivity index (χ2n) is 7.27. The molecule has 1 atom stereocenters. The molecule has 3 aromatic rings. The zero-order valence-electron chi connectivity index (χ0n) is 14.7. The van der Waals surface area contributed by atoms with Crippen LogP contribution in [-0.2, 0) is 6.54 Å². The molecule has 2 heterocycles. The van der Waals surface area contributed by atoms with E-state index in [9.17, 15) is 0 Å². The van der Waals surface area contributed by atoms with E-state index < -0.39 is 0 Å². The number of rotatable bonds is 3. The van der Waals surface area contributed by atoms with Crippen molar-refractivity contribution < 1.29 is 0 Å². The van der Waals surface area contributed by atoms with Crippen molar-refractivity contribution >= 4 is 10.9 Å². The van der Waals surface area contributed by atoms with Crippen molar-refractivity contribution in [3.63, 3.8) is 0 Å².